The summed E-state index contributed by atoms with van der Waals surface area (Å²) >= 11 is 0. The van der Waals surface area contributed by atoms with Crippen LogP contribution in [0.4, 0.5) is 8.78 Å². The molecule has 1 saturated heterocycles. The van der Waals surface area contributed by atoms with Crippen LogP contribution in [0.5, 0.6) is 0 Å². The Morgan fingerprint density at radius 1 is 0.860 bits per heavy atom. The van der Waals surface area contributed by atoms with E-state index in [2.05, 4.69) is 16.7 Å². The molecule has 2 amide bonds. The van der Waals surface area contributed by atoms with E-state index in [9.17, 15) is 37.2 Å². The number of aliphatic hydroxyl groups is 1. The molecule has 3 fully saturated rings. The molecule has 0 atom stereocenters. The number of rotatable bonds is 6. The standard InChI is InChI=1S/C31H31F2N3O6S/c32-31(33)11-9-29(10-12-31,27(38)36-28(19-34)7-8-28)35-26(37)25-18-22-2-1-21(17-24(22)42-25)20-3-5-23(6-4-20)30(39)13-15-43(40,41)16-14-30/h1-6,17-18,39H,7-16H2,(H,35,37)(H,36,38). The van der Waals surface area contributed by atoms with Crippen molar-refractivity contribution in [3.8, 4) is 17.2 Å². The Morgan fingerprint density at radius 2 is 1.49 bits per heavy atom. The third-order valence-corrected chi connectivity index (χ3v) is 10.7. The number of sulfone groups is 1. The van der Waals surface area contributed by atoms with Gasteiger partial charge in [0.1, 0.15) is 16.7 Å². The normalized spacial score (nSPS) is 22.7. The molecule has 0 radical (unpaired) electrons. The van der Waals surface area contributed by atoms with Gasteiger partial charge in [-0.1, -0.05) is 36.4 Å². The van der Waals surface area contributed by atoms with Crippen molar-refractivity contribution < 1.29 is 36.3 Å². The molecular weight excluding hydrogens is 580 g/mol. The molecule has 3 N–H and O–H groups in total. The maximum atomic E-state index is 14.0. The maximum absolute atomic E-state index is 14.0. The predicted octanol–water partition coefficient (Wildman–Crippen LogP) is 4.35. The van der Waals surface area contributed by atoms with Crippen LogP contribution in [0.3, 0.4) is 0 Å². The number of furan rings is 1. The van der Waals surface area contributed by atoms with Crippen LogP contribution in [-0.4, -0.2) is 53.8 Å². The van der Waals surface area contributed by atoms with Crippen molar-refractivity contribution in [1.29, 1.82) is 5.26 Å². The number of fused-ring (bicyclic) bond motifs is 1. The summed E-state index contributed by atoms with van der Waals surface area (Å²) in [5.41, 5.74) is -1.18. The summed E-state index contributed by atoms with van der Waals surface area (Å²) in [5, 5.41) is 26.4. The number of hydrogen-bond acceptors (Lipinski definition) is 7. The first-order chi connectivity index (χ1) is 20.3. The van der Waals surface area contributed by atoms with Crippen molar-refractivity contribution in [2.75, 3.05) is 11.5 Å². The fourth-order valence-corrected chi connectivity index (χ4v) is 7.42. The van der Waals surface area contributed by atoms with Crippen LogP contribution in [0.2, 0.25) is 0 Å². The quantitative estimate of drug-likeness (QED) is 0.375. The summed E-state index contributed by atoms with van der Waals surface area (Å²) < 4.78 is 57.5. The molecule has 0 spiro atoms. The first-order valence-corrected chi connectivity index (χ1v) is 16.1. The molecule has 226 valence electrons. The van der Waals surface area contributed by atoms with Gasteiger partial charge < -0.3 is 20.2 Å². The third kappa shape index (κ3) is 5.76. The van der Waals surface area contributed by atoms with Gasteiger partial charge >= 0.3 is 0 Å². The van der Waals surface area contributed by atoms with E-state index in [1.807, 2.05) is 18.2 Å². The minimum Gasteiger partial charge on any atom is -0.451 e. The monoisotopic (exact) mass is 611 g/mol. The van der Waals surface area contributed by atoms with Gasteiger partial charge in [-0.2, -0.15) is 5.26 Å². The molecule has 3 aromatic rings. The molecular formula is C31H31F2N3O6S. The van der Waals surface area contributed by atoms with Gasteiger partial charge in [0.05, 0.1) is 23.2 Å². The molecule has 6 rings (SSSR count). The Kier molecular flexibility index (Phi) is 6.89. The van der Waals surface area contributed by atoms with E-state index in [1.54, 1.807) is 24.3 Å². The van der Waals surface area contributed by atoms with Crippen LogP contribution in [0.25, 0.3) is 22.1 Å². The molecule has 1 aromatic heterocycles. The number of hydrogen-bond donors (Lipinski definition) is 3. The highest BCUT2D eigenvalue weighted by molar-refractivity contribution is 7.91. The largest absolute Gasteiger partial charge is 0.451 e. The smallest absolute Gasteiger partial charge is 0.287 e. The van der Waals surface area contributed by atoms with E-state index in [1.165, 1.54) is 6.07 Å². The molecule has 0 unspecified atom stereocenters. The molecule has 2 aliphatic carbocycles. The number of amides is 2. The van der Waals surface area contributed by atoms with Gasteiger partial charge in [-0.05, 0) is 67.3 Å². The second kappa shape index (κ2) is 10.1. The van der Waals surface area contributed by atoms with Crippen molar-refractivity contribution in [3.05, 3.63) is 59.9 Å². The zero-order valence-corrected chi connectivity index (χ0v) is 24.1. The summed E-state index contributed by atoms with van der Waals surface area (Å²) in [6.45, 7) is 0. The summed E-state index contributed by atoms with van der Waals surface area (Å²) in [7, 11) is -3.13. The number of alkyl halides is 2. The van der Waals surface area contributed by atoms with Crippen molar-refractivity contribution in [3.63, 3.8) is 0 Å². The molecule has 3 aliphatic rings. The average molecular weight is 612 g/mol. The van der Waals surface area contributed by atoms with Gasteiger partial charge in [0.2, 0.25) is 11.8 Å². The van der Waals surface area contributed by atoms with Crippen molar-refractivity contribution in [2.45, 2.75) is 74.0 Å². The van der Waals surface area contributed by atoms with Crippen LogP contribution < -0.4 is 10.6 Å². The van der Waals surface area contributed by atoms with E-state index in [4.69, 9.17) is 4.42 Å². The lowest BCUT2D eigenvalue weighted by atomic mass is 9.78. The lowest BCUT2D eigenvalue weighted by Crippen LogP contribution is -2.62. The Labute approximate surface area is 247 Å². The number of carbonyl (C=O) groups is 2. The fourth-order valence-electron chi connectivity index (χ4n) is 5.92. The third-order valence-electron chi connectivity index (χ3n) is 9.09. The van der Waals surface area contributed by atoms with E-state index in [0.717, 1.165) is 11.1 Å². The molecule has 1 aliphatic heterocycles. The van der Waals surface area contributed by atoms with Gasteiger partial charge in [0, 0.05) is 18.2 Å². The predicted molar refractivity (Wildman–Crippen MR) is 153 cm³/mol. The molecule has 2 heterocycles. The van der Waals surface area contributed by atoms with Gasteiger partial charge in [0.25, 0.3) is 5.91 Å². The zero-order chi connectivity index (χ0) is 30.7. The summed E-state index contributed by atoms with van der Waals surface area (Å²) in [4.78, 5) is 26.6. The Hall–Kier alpha value is -3.82. The summed E-state index contributed by atoms with van der Waals surface area (Å²) in [6, 6.07) is 16.1. The Bertz CT molecular complexity index is 1730. The number of carbonyl (C=O) groups excluding carboxylic acids is 2. The Morgan fingerprint density at radius 3 is 2.09 bits per heavy atom. The first kappa shape index (κ1) is 29.3. The first-order valence-electron chi connectivity index (χ1n) is 14.3. The lowest BCUT2D eigenvalue weighted by molar-refractivity contribution is -0.133. The van der Waals surface area contributed by atoms with Gasteiger partial charge in [0.15, 0.2) is 15.6 Å². The molecule has 43 heavy (non-hydrogen) atoms. The second-order valence-corrected chi connectivity index (χ2v) is 14.5. The van der Waals surface area contributed by atoms with Crippen molar-refractivity contribution in [1.82, 2.24) is 10.6 Å². The highest BCUT2D eigenvalue weighted by Crippen LogP contribution is 2.41. The van der Waals surface area contributed by atoms with E-state index >= 15 is 0 Å². The SMILES string of the molecule is N#CC1(NC(=O)C2(NC(=O)c3cc4ccc(-c5ccc(C6(O)CCS(=O)(=O)CC6)cc5)cc4o3)CCC(F)(F)CC2)CC1. The number of nitrogens with one attached hydrogen (secondary N) is 2. The molecule has 2 saturated carbocycles. The van der Waals surface area contributed by atoms with Crippen LogP contribution in [0.1, 0.15) is 67.5 Å². The zero-order valence-electron chi connectivity index (χ0n) is 23.3. The second-order valence-electron chi connectivity index (χ2n) is 12.2. The highest BCUT2D eigenvalue weighted by Gasteiger charge is 2.53. The van der Waals surface area contributed by atoms with Crippen molar-refractivity contribution in [2.24, 2.45) is 0 Å². The van der Waals surface area contributed by atoms with Crippen LogP contribution in [0, 0.1) is 11.3 Å². The molecule has 2 aromatic carbocycles. The fraction of sp³-hybridized carbons (Fsp3) is 0.452. The number of benzene rings is 2. The average Bonchev–Trinajstić information content (AvgIpc) is 3.62. The van der Waals surface area contributed by atoms with Gasteiger partial charge in [-0.3, -0.25) is 9.59 Å². The molecule has 9 nitrogen and oxygen atoms in total. The van der Waals surface area contributed by atoms with E-state index in [0.29, 0.717) is 29.4 Å². The van der Waals surface area contributed by atoms with E-state index < -0.39 is 57.1 Å². The van der Waals surface area contributed by atoms with Crippen LogP contribution in [-0.2, 0) is 20.2 Å². The maximum Gasteiger partial charge on any atom is 0.287 e. The van der Waals surface area contributed by atoms with Crippen LogP contribution >= 0.6 is 0 Å². The highest BCUT2D eigenvalue weighted by atomic mass is 32.2. The van der Waals surface area contributed by atoms with Gasteiger partial charge in [-0.25, -0.2) is 17.2 Å². The molecule has 0 bridgehead atoms. The topological polar surface area (TPSA) is 150 Å². The summed E-state index contributed by atoms with van der Waals surface area (Å²) in [6.07, 6.45) is -0.470. The summed E-state index contributed by atoms with van der Waals surface area (Å²) in [5.74, 6) is -4.50. The molecule has 12 heteroatoms. The Balaban J connectivity index is 1.20. The minimum absolute atomic E-state index is 0.0603. The van der Waals surface area contributed by atoms with Gasteiger partial charge in [-0.15, -0.1) is 0 Å². The van der Waals surface area contributed by atoms with Crippen LogP contribution in [0.15, 0.2) is 52.9 Å². The number of nitriles is 1. The van der Waals surface area contributed by atoms with Crippen molar-refractivity contribution >= 4 is 32.6 Å². The van der Waals surface area contributed by atoms with E-state index in [-0.39, 0.29) is 42.9 Å². The lowest BCUT2D eigenvalue weighted by Gasteiger charge is -2.39. The number of halogens is 2. The minimum atomic E-state index is -3.13. The number of nitrogens with zero attached hydrogens (tertiary/aromatic N) is 1.